The van der Waals surface area contributed by atoms with E-state index in [2.05, 4.69) is 5.32 Å². The van der Waals surface area contributed by atoms with E-state index < -0.39 is 22.6 Å². The fourth-order valence-electron chi connectivity index (χ4n) is 3.11. The predicted octanol–water partition coefficient (Wildman–Crippen LogP) is 0.371. The van der Waals surface area contributed by atoms with Crippen molar-refractivity contribution in [2.75, 3.05) is 19.7 Å². The van der Waals surface area contributed by atoms with Crippen molar-refractivity contribution in [3.63, 3.8) is 0 Å². The van der Waals surface area contributed by atoms with Crippen LogP contribution in [0.3, 0.4) is 0 Å². The summed E-state index contributed by atoms with van der Waals surface area (Å²) in [5.41, 5.74) is -2.83. The quantitative estimate of drug-likeness (QED) is 0.653. The second kappa shape index (κ2) is 3.93. The van der Waals surface area contributed by atoms with E-state index in [-0.39, 0.29) is 6.61 Å². The van der Waals surface area contributed by atoms with Gasteiger partial charge in [0.05, 0.1) is 12.2 Å². The van der Waals surface area contributed by atoms with Crippen LogP contribution in [-0.2, 0) is 9.53 Å². The van der Waals surface area contributed by atoms with Crippen LogP contribution in [-0.4, -0.2) is 47.1 Å². The number of aliphatic hydroxyl groups is 1. The zero-order valence-corrected chi connectivity index (χ0v) is 10.5. The fraction of sp³-hybridized carbons (Fsp3) is 0.917. The standard InChI is InChI=1S/C12H21NO4/c1-10(2)6-12(16,8-17-10)11(9(14)15)4-3-5-13-7-11/h13,16H,3-8H2,1-2H3,(H,14,15). The molecule has 2 aliphatic rings. The molecule has 0 aromatic carbocycles. The molecule has 0 amide bonds. The van der Waals surface area contributed by atoms with Crippen LogP contribution in [0.15, 0.2) is 0 Å². The molecule has 2 saturated heterocycles. The highest BCUT2D eigenvalue weighted by Gasteiger charge is 2.61. The molecule has 2 atom stereocenters. The van der Waals surface area contributed by atoms with Gasteiger partial charge < -0.3 is 20.3 Å². The van der Waals surface area contributed by atoms with Gasteiger partial charge in [-0.15, -0.1) is 0 Å². The first-order valence-electron chi connectivity index (χ1n) is 6.12. The summed E-state index contributed by atoms with van der Waals surface area (Å²) in [5, 5.41) is 23.3. The lowest BCUT2D eigenvalue weighted by Gasteiger charge is -2.44. The molecular formula is C12H21NO4. The van der Waals surface area contributed by atoms with Crippen molar-refractivity contribution in [3.05, 3.63) is 0 Å². The molecule has 2 fully saturated rings. The summed E-state index contributed by atoms with van der Waals surface area (Å²) >= 11 is 0. The van der Waals surface area contributed by atoms with Crippen molar-refractivity contribution in [1.29, 1.82) is 0 Å². The van der Waals surface area contributed by atoms with Crippen molar-refractivity contribution >= 4 is 5.97 Å². The Kier molecular flexibility index (Phi) is 2.96. The lowest BCUT2D eigenvalue weighted by atomic mass is 9.65. The number of carboxylic acid groups (broad SMARTS) is 1. The molecule has 0 aromatic rings. The third-order valence-corrected chi connectivity index (χ3v) is 4.10. The molecule has 0 saturated carbocycles. The molecule has 5 nitrogen and oxygen atoms in total. The summed E-state index contributed by atoms with van der Waals surface area (Å²) in [4.78, 5) is 11.6. The summed E-state index contributed by atoms with van der Waals surface area (Å²) in [7, 11) is 0. The van der Waals surface area contributed by atoms with Gasteiger partial charge in [0, 0.05) is 13.0 Å². The highest BCUT2D eigenvalue weighted by atomic mass is 16.5. The third-order valence-electron chi connectivity index (χ3n) is 4.10. The molecule has 2 heterocycles. The van der Waals surface area contributed by atoms with E-state index in [0.29, 0.717) is 19.4 Å². The molecule has 17 heavy (non-hydrogen) atoms. The summed E-state index contributed by atoms with van der Waals surface area (Å²) in [6.45, 7) is 5.01. The van der Waals surface area contributed by atoms with E-state index in [0.717, 1.165) is 13.0 Å². The van der Waals surface area contributed by atoms with E-state index in [4.69, 9.17) is 4.74 Å². The Bertz CT molecular complexity index is 322. The minimum absolute atomic E-state index is 0.105. The largest absolute Gasteiger partial charge is 0.481 e. The molecule has 2 unspecified atom stereocenters. The molecule has 2 rings (SSSR count). The van der Waals surface area contributed by atoms with E-state index >= 15 is 0 Å². The number of nitrogens with one attached hydrogen (secondary N) is 1. The summed E-state index contributed by atoms with van der Waals surface area (Å²) in [6, 6.07) is 0. The maximum Gasteiger partial charge on any atom is 0.313 e. The van der Waals surface area contributed by atoms with Gasteiger partial charge in [0.25, 0.3) is 0 Å². The fourth-order valence-corrected chi connectivity index (χ4v) is 3.11. The first-order chi connectivity index (χ1) is 7.81. The zero-order valence-electron chi connectivity index (χ0n) is 10.5. The maximum absolute atomic E-state index is 11.6. The molecule has 0 spiro atoms. The van der Waals surface area contributed by atoms with Crippen LogP contribution in [0.2, 0.25) is 0 Å². The van der Waals surface area contributed by atoms with Crippen molar-refractivity contribution < 1.29 is 19.7 Å². The van der Waals surface area contributed by atoms with Gasteiger partial charge in [-0.1, -0.05) is 0 Å². The van der Waals surface area contributed by atoms with Crippen LogP contribution in [0.25, 0.3) is 0 Å². The third kappa shape index (κ3) is 1.96. The normalized spacial score (nSPS) is 41.4. The molecule has 0 aliphatic carbocycles. The highest BCUT2D eigenvalue weighted by Crippen LogP contribution is 2.47. The number of piperidine rings is 1. The average molecular weight is 243 g/mol. The molecule has 5 heteroatoms. The first kappa shape index (κ1) is 12.8. The van der Waals surface area contributed by atoms with Gasteiger partial charge in [-0.3, -0.25) is 4.79 Å². The van der Waals surface area contributed by atoms with Crippen molar-refractivity contribution in [1.82, 2.24) is 5.32 Å². The van der Waals surface area contributed by atoms with Crippen molar-refractivity contribution in [3.8, 4) is 0 Å². The molecule has 0 radical (unpaired) electrons. The van der Waals surface area contributed by atoms with Gasteiger partial charge in [-0.2, -0.15) is 0 Å². The molecule has 2 aliphatic heterocycles. The number of rotatable bonds is 2. The molecule has 0 aromatic heterocycles. The molecule has 0 bridgehead atoms. The van der Waals surface area contributed by atoms with Crippen LogP contribution in [0.4, 0.5) is 0 Å². The van der Waals surface area contributed by atoms with E-state index in [1.54, 1.807) is 0 Å². The minimum Gasteiger partial charge on any atom is -0.481 e. The lowest BCUT2D eigenvalue weighted by molar-refractivity contribution is -0.172. The molecule has 98 valence electrons. The van der Waals surface area contributed by atoms with E-state index in [9.17, 15) is 15.0 Å². The summed E-state index contributed by atoms with van der Waals surface area (Å²) in [5.74, 6) is -0.923. The molecule has 3 N–H and O–H groups in total. The topological polar surface area (TPSA) is 78.8 Å². The van der Waals surface area contributed by atoms with Crippen LogP contribution >= 0.6 is 0 Å². The SMILES string of the molecule is CC1(C)CC(O)(C2(C(=O)O)CCCNC2)CO1. The maximum atomic E-state index is 11.6. The van der Waals surface area contributed by atoms with Gasteiger partial charge in [0.1, 0.15) is 11.0 Å². The Morgan fingerprint density at radius 3 is 2.53 bits per heavy atom. The van der Waals surface area contributed by atoms with E-state index in [1.807, 2.05) is 13.8 Å². The average Bonchev–Trinajstić information content (AvgIpc) is 2.55. The van der Waals surface area contributed by atoms with Crippen molar-refractivity contribution in [2.45, 2.75) is 44.3 Å². The number of carbonyl (C=O) groups is 1. The lowest BCUT2D eigenvalue weighted by Crippen LogP contribution is -2.61. The van der Waals surface area contributed by atoms with E-state index in [1.165, 1.54) is 0 Å². The summed E-state index contributed by atoms with van der Waals surface area (Å²) in [6.07, 6.45) is 1.65. The van der Waals surface area contributed by atoms with Crippen LogP contribution in [0.5, 0.6) is 0 Å². The van der Waals surface area contributed by atoms with Gasteiger partial charge in [-0.05, 0) is 33.2 Å². The van der Waals surface area contributed by atoms with Gasteiger partial charge in [0.15, 0.2) is 0 Å². The van der Waals surface area contributed by atoms with Gasteiger partial charge in [0.2, 0.25) is 0 Å². The minimum atomic E-state index is -1.27. The Morgan fingerprint density at radius 2 is 2.12 bits per heavy atom. The Balaban J connectivity index is 2.30. The smallest absolute Gasteiger partial charge is 0.313 e. The Morgan fingerprint density at radius 1 is 1.41 bits per heavy atom. The first-order valence-corrected chi connectivity index (χ1v) is 6.12. The zero-order chi connectivity index (χ0) is 12.7. The van der Waals surface area contributed by atoms with Crippen molar-refractivity contribution in [2.24, 2.45) is 5.41 Å². The number of carboxylic acids is 1. The number of ether oxygens (including phenoxy) is 1. The van der Waals surface area contributed by atoms with Crippen LogP contribution in [0.1, 0.15) is 33.1 Å². The monoisotopic (exact) mass is 243 g/mol. The number of aliphatic carboxylic acids is 1. The van der Waals surface area contributed by atoms with Gasteiger partial charge in [-0.25, -0.2) is 0 Å². The highest BCUT2D eigenvalue weighted by molar-refractivity contribution is 5.77. The molecular weight excluding hydrogens is 222 g/mol. The number of hydrogen-bond donors (Lipinski definition) is 3. The Hall–Kier alpha value is -0.650. The Labute approximate surface area is 101 Å². The predicted molar refractivity (Wildman–Crippen MR) is 61.8 cm³/mol. The second-order valence-electron chi connectivity index (χ2n) is 5.92. The summed E-state index contributed by atoms with van der Waals surface area (Å²) < 4.78 is 5.54. The van der Waals surface area contributed by atoms with Gasteiger partial charge >= 0.3 is 5.97 Å². The second-order valence-corrected chi connectivity index (χ2v) is 5.92. The number of hydrogen-bond acceptors (Lipinski definition) is 4. The van der Waals surface area contributed by atoms with Crippen LogP contribution < -0.4 is 5.32 Å². The van der Waals surface area contributed by atoms with Crippen LogP contribution in [0, 0.1) is 5.41 Å².